The van der Waals surface area contributed by atoms with Crippen molar-refractivity contribution >= 4 is 6.16 Å². The molecule has 0 saturated carbocycles. The fraction of sp³-hybridized carbons (Fsp3) is 0.909. The third kappa shape index (κ3) is 5.32. The molecule has 16 heavy (non-hydrogen) atoms. The van der Waals surface area contributed by atoms with Gasteiger partial charge in [0.15, 0.2) is 0 Å². The molecule has 0 fully saturated rings. The van der Waals surface area contributed by atoms with Gasteiger partial charge in [-0.25, -0.2) is 4.79 Å². The van der Waals surface area contributed by atoms with Gasteiger partial charge in [0, 0.05) is 14.2 Å². The highest BCUT2D eigenvalue weighted by molar-refractivity contribution is 5.60. The van der Waals surface area contributed by atoms with Gasteiger partial charge in [0.25, 0.3) is 0 Å². The summed E-state index contributed by atoms with van der Waals surface area (Å²) in [6, 6.07) is 0. The molecule has 0 spiro atoms. The fourth-order valence-corrected chi connectivity index (χ4v) is 0.906. The van der Waals surface area contributed by atoms with Crippen molar-refractivity contribution in [1.29, 1.82) is 0 Å². The zero-order chi connectivity index (χ0) is 12.7. The van der Waals surface area contributed by atoms with Crippen LogP contribution in [-0.4, -0.2) is 44.8 Å². The first-order valence-corrected chi connectivity index (χ1v) is 5.35. The Kier molecular flexibility index (Phi) is 7.08. The van der Waals surface area contributed by atoms with Gasteiger partial charge < -0.3 is 18.9 Å². The maximum absolute atomic E-state index is 11.3. The Morgan fingerprint density at radius 1 is 0.750 bits per heavy atom. The van der Waals surface area contributed by atoms with E-state index in [4.69, 9.17) is 18.9 Å². The second-order valence-corrected chi connectivity index (χ2v) is 3.78. The summed E-state index contributed by atoms with van der Waals surface area (Å²) in [5.74, 6) is 0. The van der Waals surface area contributed by atoms with Gasteiger partial charge in [0.05, 0.1) is 12.2 Å². The van der Waals surface area contributed by atoms with E-state index in [1.807, 2.05) is 13.8 Å². The van der Waals surface area contributed by atoms with Crippen molar-refractivity contribution < 1.29 is 23.7 Å². The lowest BCUT2D eigenvalue weighted by Gasteiger charge is -2.22. The predicted molar refractivity (Wildman–Crippen MR) is 59.4 cm³/mol. The van der Waals surface area contributed by atoms with Gasteiger partial charge >= 0.3 is 6.16 Å². The molecule has 0 aromatic rings. The lowest BCUT2D eigenvalue weighted by atomic mass is 10.2. The first-order valence-electron chi connectivity index (χ1n) is 5.35. The maximum Gasteiger partial charge on any atom is 0.508 e. The number of hydrogen-bond acceptors (Lipinski definition) is 5. The summed E-state index contributed by atoms with van der Waals surface area (Å²) >= 11 is 0. The van der Waals surface area contributed by atoms with E-state index >= 15 is 0 Å². The van der Waals surface area contributed by atoms with Crippen molar-refractivity contribution in [2.24, 2.45) is 0 Å². The molecule has 0 amide bonds. The third-order valence-corrected chi connectivity index (χ3v) is 2.63. The minimum absolute atomic E-state index is 0.164. The molecule has 5 nitrogen and oxygen atoms in total. The molecule has 0 radical (unpaired) electrons. The largest absolute Gasteiger partial charge is 0.508 e. The fourth-order valence-electron chi connectivity index (χ4n) is 0.906. The van der Waals surface area contributed by atoms with Crippen LogP contribution in [-0.2, 0) is 18.9 Å². The monoisotopic (exact) mass is 234 g/mol. The first-order chi connectivity index (χ1) is 7.42. The van der Waals surface area contributed by atoms with Crippen LogP contribution in [0.2, 0.25) is 0 Å². The van der Waals surface area contributed by atoms with E-state index in [9.17, 15) is 4.79 Å². The highest BCUT2D eigenvalue weighted by Gasteiger charge is 2.21. The van der Waals surface area contributed by atoms with Crippen molar-refractivity contribution in [3.05, 3.63) is 0 Å². The van der Waals surface area contributed by atoms with Gasteiger partial charge in [-0.15, -0.1) is 0 Å². The van der Waals surface area contributed by atoms with Crippen LogP contribution in [0.3, 0.4) is 0 Å². The third-order valence-electron chi connectivity index (χ3n) is 2.63. The van der Waals surface area contributed by atoms with Gasteiger partial charge in [-0.1, -0.05) is 0 Å². The molecule has 0 aliphatic heterocycles. The second kappa shape index (κ2) is 7.46. The molecule has 0 saturated heterocycles. The smallest absolute Gasteiger partial charge is 0.429 e. The first kappa shape index (κ1) is 15.2. The summed E-state index contributed by atoms with van der Waals surface area (Å²) in [7, 11) is 3.12. The average Bonchev–Trinajstić information content (AvgIpc) is 2.26. The van der Waals surface area contributed by atoms with Crippen LogP contribution in [0.15, 0.2) is 0 Å². The van der Waals surface area contributed by atoms with Gasteiger partial charge in [-0.2, -0.15) is 0 Å². The van der Waals surface area contributed by atoms with Crippen LogP contribution in [0.4, 0.5) is 4.79 Å². The van der Waals surface area contributed by atoms with Crippen LogP contribution in [0, 0.1) is 0 Å². The molecule has 0 aromatic heterocycles. The van der Waals surface area contributed by atoms with E-state index in [0.29, 0.717) is 0 Å². The Morgan fingerprint density at radius 3 is 1.31 bits per heavy atom. The van der Waals surface area contributed by atoms with Crippen molar-refractivity contribution in [2.45, 2.75) is 52.1 Å². The van der Waals surface area contributed by atoms with Crippen molar-refractivity contribution in [2.75, 3.05) is 14.2 Å². The Bertz CT molecular complexity index is 187. The SMILES string of the molecule is COC(C)C(C)OC(=O)OC(C)C(C)OC. The van der Waals surface area contributed by atoms with E-state index in [1.54, 1.807) is 28.1 Å². The quantitative estimate of drug-likeness (QED) is 0.658. The summed E-state index contributed by atoms with van der Waals surface area (Å²) in [4.78, 5) is 11.3. The molecule has 0 N–H and O–H groups in total. The number of carbonyl (C=O) groups is 1. The van der Waals surface area contributed by atoms with Crippen molar-refractivity contribution in [3.63, 3.8) is 0 Å². The number of rotatable bonds is 6. The number of carbonyl (C=O) groups excluding carboxylic acids is 1. The summed E-state index contributed by atoms with van der Waals surface area (Å²) in [5.41, 5.74) is 0. The van der Waals surface area contributed by atoms with Crippen LogP contribution < -0.4 is 0 Å². The Morgan fingerprint density at radius 2 is 1.06 bits per heavy atom. The zero-order valence-corrected chi connectivity index (χ0v) is 10.9. The molecule has 5 heteroatoms. The molecule has 96 valence electrons. The van der Waals surface area contributed by atoms with Gasteiger partial charge in [0.2, 0.25) is 0 Å². The summed E-state index contributed by atoms with van der Waals surface area (Å²) in [6.07, 6.45) is -1.72. The van der Waals surface area contributed by atoms with Crippen molar-refractivity contribution in [1.82, 2.24) is 0 Å². The molecule has 0 aliphatic rings. The van der Waals surface area contributed by atoms with Gasteiger partial charge in [0.1, 0.15) is 12.2 Å². The summed E-state index contributed by atoms with van der Waals surface area (Å²) in [6.45, 7) is 7.14. The minimum atomic E-state index is -0.701. The zero-order valence-electron chi connectivity index (χ0n) is 10.9. The minimum Gasteiger partial charge on any atom is -0.429 e. The Balaban J connectivity index is 3.99. The van der Waals surface area contributed by atoms with E-state index in [2.05, 4.69) is 0 Å². The Labute approximate surface area is 97.0 Å². The van der Waals surface area contributed by atoms with Crippen LogP contribution in [0.5, 0.6) is 0 Å². The lowest BCUT2D eigenvalue weighted by Crippen LogP contribution is -2.32. The van der Waals surface area contributed by atoms with Crippen LogP contribution in [0.1, 0.15) is 27.7 Å². The van der Waals surface area contributed by atoms with Crippen LogP contribution in [0.25, 0.3) is 0 Å². The molecule has 4 atom stereocenters. The standard InChI is InChI=1S/C11H22O5/c1-7(13-5)9(3)15-11(12)16-10(4)8(2)14-6/h7-10H,1-6H3. The predicted octanol–water partition coefficient (Wildman–Crippen LogP) is 1.99. The average molecular weight is 234 g/mol. The number of hydrogen-bond donors (Lipinski definition) is 0. The molecule has 0 heterocycles. The summed E-state index contributed by atoms with van der Waals surface area (Å²) < 4.78 is 20.1. The van der Waals surface area contributed by atoms with E-state index in [-0.39, 0.29) is 24.4 Å². The highest BCUT2D eigenvalue weighted by atomic mass is 16.7. The van der Waals surface area contributed by atoms with Gasteiger partial charge in [-0.05, 0) is 27.7 Å². The Hall–Kier alpha value is -0.810. The highest BCUT2D eigenvalue weighted by Crippen LogP contribution is 2.07. The van der Waals surface area contributed by atoms with E-state index < -0.39 is 6.16 Å². The normalized spacial score (nSPS) is 18.4. The lowest BCUT2D eigenvalue weighted by molar-refractivity contribution is -0.0655. The molecular formula is C11H22O5. The van der Waals surface area contributed by atoms with Crippen molar-refractivity contribution in [3.8, 4) is 0 Å². The molecule has 0 aromatic carbocycles. The molecule has 4 unspecified atom stereocenters. The molecular weight excluding hydrogens is 212 g/mol. The number of ether oxygens (including phenoxy) is 4. The van der Waals surface area contributed by atoms with E-state index in [1.165, 1.54) is 0 Å². The molecule has 0 bridgehead atoms. The van der Waals surface area contributed by atoms with E-state index in [0.717, 1.165) is 0 Å². The van der Waals surface area contributed by atoms with Crippen LogP contribution >= 0.6 is 0 Å². The second-order valence-electron chi connectivity index (χ2n) is 3.78. The summed E-state index contributed by atoms with van der Waals surface area (Å²) in [5, 5.41) is 0. The maximum atomic E-state index is 11.3. The number of methoxy groups -OCH3 is 2. The molecule has 0 aliphatic carbocycles. The topological polar surface area (TPSA) is 54.0 Å². The van der Waals surface area contributed by atoms with Gasteiger partial charge in [-0.3, -0.25) is 0 Å². The molecule has 0 rings (SSSR count).